The summed E-state index contributed by atoms with van der Waals surface area (Å²) in [5, 5.41) is 4.08. The zero-order valence-corrected chi connectivity index (χ0v) is 11.2. The molecule has 0 bridgehead atoms. The minimum atomic E-state index is -3.58. The van der Waals surface area contributed by atoms with Crippen molar-refractivity contribution in [1.82, 2.24) is 14.5 Å². The fraction of sp³-hybridized carbons (Fsp3) is 0.182. The van der Waals surface area contributed by atoms with E-state index in [1.165, 1.54) is 10.9 Å². The molecule has 19 heavy (non-hydrogen) atoms. The molecule has 0 radical (unpaired) electrons. The molecule has 1 aromatic heterocycles. The molecule has 0 saturated carbocycles. The number of nitrogens with zero attached hydrogens (tertiary/aromatic N) is 2. The highest BCUT2D eigenvalue weighted by Gasteiger charge is 2.12. The summed E-state index contributed by atoms with van der Waals surface area (Å²) in [5.74, 6) is 0.353. The Bertz CT molecular complexity index is 648. The van der Waals surface area contributed by atoms with Crippen molar-refractivity contribution in [3.05, 3.63) is 36.5 Å². The standard InChI is InChI=1S/C11H15N5O2S/c1-2-14-19(17,18)15-11-7-8-13-16(11)10-5-3-9(12)4-6-10/h3-8,14-15H,2,12H2,1H3. The van der Waals surface area contributed by atoms with Crippen LogP contribution in [0, 0.1) is 0 Å². The quantitative estimate of drug-likeness (QED) is 0.703. The van der Waals surface area contributed by atoms with Gasteiger partial charge in [-0.2, -0.15) is 18.2 Å². The number of nitrogens with two attached hydrogens (primary N) is 1. The van der Waals surface area contributed by atoms with Gasteiger partial charge in [0.15, 0.2) is 0 Å². The molecular weight excluding hydrogens is 266 g/mol. The van der Waals surface area contributed by atoms with Crippen molar-refractivity contribution in [3.8, 4) is 5.69 Å². The molecule has 0 atom stereocenters. The molecule has 7 nitrogen and oxygen atoms in total. The Balaban J connectivity index is 2.30. The van der Waals surface area contributed by atoms with Crippen LogP contribution in [0.1, 0.15) is 6.92 Å². The summed E-state index contributed by atoms with van der Waals surface area (Å²) in [6.45, 7) is 2.02. The van der Waals surface area contributed by atoms with Crippen LogP contribution in [0.25, 0.3) is 5.69 Å². The largest absolute Gasteiger partial charge is 0.399 e. The maximum absolute atomic E-state index is 11.7. The lowest BCUT2D eigenvalue weighted by molar-refractivity contribution is 0.589. The molecule has 2 aromatic rings. The smallest absolute Gasteiger partial charge is 0.300 e. The molecule has 0 aliphatic carbocycles. The van der Waals surface area contributed by atoms with E-state index in [2.05, 4.69) is 14.5 Å². The highest BCUT2D eigenvalue weighted by molar-refractivity contribution is 7.90. The Hall–Kier alpha value is -2.06. The Labute approximate surface area is 111 Å². The van der Waals surface area contributed by atoms with Crippen molar-refractivity contribution in [1.29, 1.82) is 0 Å². The molecular formula is C11H15N5O2S. The number of hydrogen-bond acceptors (Lipinski definition) is 4. The van der Waals surface area contributed by atoms with Crippen LogP contribution in [0.5, 0.6) is 0 Å². The van der Waals surface area contributed by atoms with Gasteiger partial charge in [0.2, 0.25) is 0 Å². The lowest BCUT2D eigenvalue weighted by Gasteiger charge is -2.10. The summed E-state index contributed by atoms with van der Waals surface area (Å²) in [5.41, 5.74) is 6.95. The number of nitrogen functional groups attached to an aromatic ring is 1. The molecule has 0 fully saturated rings. The molecule has 4 N–H and O–H groups in total. The maximum atomic E-state index is 11.7. The number of aromatic nitrogens is 2. The van der Waals surface area contributed by atoms with Gasteiger partial charge >= 0.3 is 0 Å². The third-order valence-electron chi connectivity index (χ3n) is 2.35. The number of rotatable bonds is 5. The molecule has 0 aliphatic heterocycles. The second kappa shape index (κ2) is 5.29. The molecule has 0 aliphatic rings. The van der Waals surface area contributed by atoms with Gasteiger partial charge in [-0.25, -0.2) is 4.68 Å². The van der Waals surface area contributed by atoms with E-state index in [1.54, 1.807) is 37.3 Å². The van der Waals surface area contributed by atoms with Gasteiger partial charge < -0.3 is 5.73 Å². The number of benzene rings is 1. The van der Waals surface area contributed by atoms with Crippen LogP contribution in [0.2, 0.25) is 0 Å². The third-order valence-corrected chi connectivity index (χ3v) is 3.50. The predicted molar refractivity (Wildman–Crippen MR) is 74.2 cm³/mol. The number of nitrogens with one attached hydrogen (secondary N) is 2. The van der Waals surface area contributed by atoms with E-state index in [0.717, 1.165) is 0 Å². The first-order chi connectivity index (χ1) is 9.02. The van der Waals surface area contributed by atoms with E-state index in [9.17, 15) is 8.42 Å². The van der Waals surface area contributed by atoms with Crippen molar-refractivity contribution in [2.75, 3.05) is 17.0 Å². The normalized spacial score (nSPS) is 11.4. The average molecular weight is 281 g/mol. The van der Waals surface area contributed by atoms with Crippen molar-refractivity contribution in [2.24, 2.45) is 0 Å². The highest BCUT2D eigenvalue weighted by atomic mass is 32.2. The minimum Gasteiger partial charge on any atom is -0.399 e. The maximum Gasteiger partial charge on any atom is 0.300 e. The van der Waals surface area contributed by atoms with E-state index in [1.807, 2.05) is 0 Å². The second-order valence-electron chi connectivity index (χ2n) is 3.82. The van der Waals surface area contributed by atoms with Crippen molar-refractivity contribution in [3.63, 3.8) is 0 Å². The van der Waals surface area contributed by atoms with Crippen LogP contribution in [-0.4, -0.2) is 24.7 Å². The first kappa shape index (κ1) is 13.4. The summed E-state index contributed by atoms with van der Waals surface area (Å²) in [6.07, 6.45) is 1.51. The van der Waals surface area contributed by atoms with Crippen LogP contribution in [0.3, 0.4) is 0 Å². The van der Waals surface area contributed by atoms with Crippen molar-refractivity contribution >= 4 is 21.7 Å². The SMILES string of the molecule is CCNS(=O)(=O)Nc1ccnn1-c1ccc(N)cc1. The molecule has 0 saturated heterocycles. The molecule has 102 valence electrons. The first-order valence-electron chi connectivity index (χ1n) is 5.69. The van der Waals surface area contributed by atoms with Crippen LogP contribution >= 0.6 is 0 Å². The molecule has 2 rings (SSSR count). The van der Waals surface area contributed by atoms with Crippen LogP contribution in [-0.2, 0) is 10.2 Å². The predicted octanol–water partition coefficient (Wildman–Crippen LogP) is 0.721. The van der Waals surface area contributed by atoms with Crippen molar-refractivity contribution in [2.45, 2.75) is 6.92 Å². The molecule has 1 heterocycles. The summed E-state index contributed by atoms with van der Waals surface area (Å²) in [7, 11) is -3.58. The highest BCUT2D eigenvalue weighted by Crippen LogP contribution is 2.16. The summed E-state index contributed by atoms with van der Waals surface area (Å²) in [6, 6.07) is 8.53. The average Bonchev–Trinajstić information content (AvgIpc) is 2.77. The number of hydrogen-bond donors (Lipinski definition) is 3. The Morgan fingerprint density at radius 3 is 2.58 bits per heavy atom. The fourth-order valence-electron chi connectivity index (χ4n) is 1.57. The molecule has 8 heteroatoms. The van der Waals surface area contributed by atoms with Gasteiger partial charge in [0.05, 0.1) is 11.9 Å². The van der Waals surface area contributed by atoms with Crippen LogP contribution < -0.4 is 15.2 Å². The van der Waals surface area contributed by atoms with Gasteiger partial charge in [-0.05, 0) is 24.3 Å². The van der Waals surface area contributed by atoms with Gasteiger partial charge in [-0.15, -0.1) is 0 Å². The molecule has 0 amide bonds. The van der Waals surface area contributed by atoms with E-state index in [4.69, 9.17) is 5.73 Å². The van der Waals surface area contributed by atoms with Gasteiger partial charge in [-0.3, -0.25) is 4.72 Å². The molecule has 1 aromatic carbocycles. The van der Waals surface area contributed by atoms with E-state index in [0.29, 0.717) is 23.7 Å². The monoisotopic (exact) mass is 281 g/mol. The fourth-order valence-corrected chi connectivity index (χ4v) is 2.45. The van der Waals surface area contributed by atoms with Crippen molar-refractivity contribution < 1.29 is 8.42 Å². The second-order valence-corrected chi connectivity index (χ2v) is 5.32. The third kappa shape index (κ3) is 3.24. The molecule has 0 unspecified atom stereocenters. The van der Waals surface area contributed by atoms with E-state index >= 15 is 0 Å². The molecule has 0 spiro atoms. The van der Waals surface area contributed by atoms with Gasteiger partial charge in [0.25, 0.3) is 10.2 Å². The Morgan fingerprint density at radius 2 is 1.95 bits per heavy atom. The Morgan fingerprint density at radius 1 is 1.26 bits per heavy atom. The van der Waals surface area contributed by atoms with Crippen LogP contribution in [0.4, 0.5) is 11.5 Å². The summed E-state index contributed by atoms with van der Waals surface area (Å²) in [4.78, 5) is 0. The van der Waals surface area contributed by atoms with Crippen LogP contribution in [0.15, 0.2) is 36.5 Å². The topological polar surface area (TPSA) is 102 Å². The Kier molecular flexibility index (Phi) is 3.72. The zero-order valence-electron chi connectivity index (χ0n) is 10.4. The first-order valence-corrected chi connectivity index (χ1v) is 7.17. The number of anilines is 2. The summed E-state index contributed by atoms with van der Waals surface area (Å²) < 4.78 is 29.5. The van der Waals surface area contributed by atoms with Gasteiger partial charge in [0.1, 0.15) is 5.82 Å². The van der Waals surface area contributed by atoms with Gasteiger partial charge in [-0.1, -0.05) is 6.92 Å². The van der Waals surface area contributed by atoms with E-state index < -0.39 is 10.2 Å². The lowest BCUT2D eigenvalue weighted by Crippen LogP contribution is -2.30. The van der Waals surface area contributed by atoms with Gasteiger partial charge in [0, 0.05) is 18.3 Å². The zero-order chi connectivity index (χ0) is 13.9. The van der Waals surface area contributed by atoms with E-state index in [-0.39, 0.29) is 0 Å². The lowest BCUT2D eigenvalue weighted by atomic mass is 10.3. The minimum absolute atomic E-state index is 0.311. The summed E-state index contributed by atoms with van der Waals surface area (Å²) >= 11 is 0.